The lowest BCUT2D eigenvalue weighted by molar-refractivity contribution is 0.149. The molecule has 0 aliphatic carbocycles. The predicted molar refractivity (Wildman–Crippen MR) is 102 cm³/mol. The van der Waals surface area contributed by atoms with Crippen molar-refractivity contribution >= 4 is 17.8 Å². The van der Waals surface area contributed by atoms with E-state index in [2.05, 4.69) is 33.3 Å². The van der Waals surface area contributed by atoms with Gasteiger partial charge in [0.25, 0.3) is 0 Å². The molecule has 0 saturated carbocycles. The topological polar surface area (TPSA) is 52.6 Å². The number of hydrogen-bond acceptors (Lipinski definition) is 5. The molecule has 6 nitrogen and oxygen atoms in total. The van der Waals surface area contributed by atoms with Gasteiger partial charge in [-0.2, -0.15) is 0 Å². The number of aromatic nitrogens is 2. The third-order valence-electron chi connectivity index (χ3n) is 4.63. The second kappa shape index (κ2) is 7.37. The highest BCUT2D eigenvalue weighted by Gasteiger charge is 2.39. The lowest BCUT2D eigenvalue weighted by Crippen LogP contribution is -2.45. The number of allylic oxidation sites excluding steroid dienone is 1. The van der Waals surface area contributed by atoms with E-state index in [1.807, 2.05) is 40.3 Å². The van der Waals surface area contributed by atoms with E-state index >= 15 is 0 Å². The third-order valence-corrected chi connectivity index (χ3v) is 5.86. The van der Waals surface area contributed by atoms with Gasteiger partial charge in [-0.25, -0.2) is 4.79 Å². The van der Waals surface area contributed by atoms with Gasteiger partial charge >= 0.3 is 6.03 Å². The maximum Gasteiger partial charge on any atom is 0.322 e. The van der Waals surface area contributed by atoms with Crippen molar-refractivity contribution in [2.45, 2.75) is 25.5 Å². The zero-order valence-corrected chi connectivity index (χ0v) is 15.5. The van der Waals surface area contributed by atoms with E-state index in [9.17, 15) is 4.79 Å². The number of amides is 2. The van der Waals surface area contributed by atoms with E-state index in [-0.39, 0.29) is 11.5 Å². The van der Waals surface area contributed by atoms with Crippen LogP contribution < -0.4 is 0 Å². The normalized spacial score (nSPS) is 20.0. The van der Waals surface area contributed by atoms with Crippen molar-refractivity contribution in [3.63, 3.8) is 0 Å². The summed E-state index contributed by atoms with van der Waals surface area (Å²) in [5.74, 6) is 0. The first-order valence-electron chi connectivity index (χ1n) is 8.65. The minimum absolute atomic E-state index is 0.00330. The molecule has 1 unspecified atom stereocenters. The van der Waals surface area contributed by atoms with Gasteiger partial charge in [0.1, 0.15) is 0 Å². The second-order valence-corrected chi connectivity index (χ2v) is 7.36. The van der Waals surface area contributed by atoms with Gasteiger partial charge in [0, 0.05) is 43.9 Å². The number of nitrogens with zero attached hydrogens (tertiary/aromatic N) is 5. The Kier molecular flexibility index (Phi) is 4.79. The van der Waals surface area contributed by atoms with Crippen molar-refractivity contribution in [2.75, 3.05) is 13.1 Å². The molecule has 2 aromatic rings. The Morgan fingerprint density at radius 1 is 1.15 bits per heavy atom. The van der Waals surface area contributed by atoms with Crippen LogP contribution in [0.15, 0.2) is 60.0 Å². The van der Waals surface area contributed by atoms with Crippen LogP contribution >= 0.6 is 11.8 Å². The van der Waals surface area contributed by atoms with Crippen molar-refractivity contribution in [1.29, 1.82) is 0 Å². The van der Waals surface area contributed by atoms with Crippen LogP contribution in [0.3, 0.4) is 0 Å². The Balaban J connectivity index is 1.45. The smallest absolute Gasteiger partial charge is 0.322 e. The van der Waals surface area contributed by atoms with Crippen LogP contribution in [0.2, 0.25) is 0 Å². The number of pyridine rings is 2. The summed E-state index contributed by atoms with van der Waals surface area (Å²) in [5.41, 5.74) is 3.24. The lowest BCUT2D eigenvalue weighted by atomic mass is 10.2. The van der Waals surface area contributed by atoms with Crippen molar-refractivity contribution in [3.8, 4) is 0 Å². The van der Waals surface area contributed by atoms with Crippen LogP contribution in [-0.2, 0) is 13.1 Å². The molecule has 4 rings (SSSR count). The highest BCUT2D eigenvalue weighted by atomic mass is 32.2. The van der Waals surface area contributed by atoms with Crippen LogP contribution in [0.25, 0.3) is 0 Å². The van der Waals surface area contributed by atoms with Crippen molar-refractivity contribution in [2.24, 2.45) is 0 Å². The molecule has 2 amide bonds. The zero-order valence-electron chi connectivity index (χ0n) is 14.7. The fourth-order valence-corrected chi connectivity index (χ4v) is 4.43. The molecular weight excluding hydrogens is 346 g/mol. The molecule has 0 spiro atoms. The molecule has 0 radical (unpaired) electrons. The molecule has 4 heterocycles. The fraction of sp³-hybridized carbons (Fsp3) is 0.316. The highest BCUT2D eigenvalue weighted by Crippen LogP contribution is 2.36. The van der Waals surface area contributed by atoms with Gasteiger partial charge in [-0.3, -0.25) is 14.9 Å². The van der Waals surface area contributed by atoms with Gasteiger partial charge in [-0.05, 0) is 36.1 Å². The summed E-state index contributed by atoms with van der Waals surface area (Å²) in [4.78, 5) is 27.6. The van der Waals surface area contributed by atoms with Crippen LogP contribution in [0, 0.1) is 0 Å². The van der Waals surface area contributed by atoms with E-state index in [1.165, 1.54) is 5.70 Å². The molecule has 26 heavy (non-hydrogen) atoms. The molecule has 1 saturated heterocycles. The quantitative estimate of drug-likeness (QED) is 0.813. The lowest BCUT2D eigenvalue weighted by Gasteiger charge is -2.34. The maximum absolute atomic E-state index is 13.0. The summed E-state index contributed by atoms with van der Waals surface area (Å²) in [6.45, 7) is 4.86. The molecule has 134 valence electrons. The molecule has 0 aromatic carbocycles. The van der Waals surface area contributed by atoms with Gasteiger partial charge < -0.3 is 9.80 Å². The Morgan fingerprint density at radius 3 is 2.85 bits per heavy atom. The van der Waals surface area contributed by atoms with Crippen molar-refractivity contribution in [3.05, 3.63) is 71.3 Å². The SMILES string of the molecule is CC1=CSC(N2CCN(Cc3ccccn3)C2=O)N1Cc1cccnc1. The maximum atomic E-state index is 13.0. The van der Waals surface area contributed by atoms with Crippen LogP contribution in [0.4, 0.5) is 4.79 Å². The first-order chi connectivity index (χ1) is 12.7. The fourth-order valence-electron chi connectivity index (χ4n) is 3.25. The van der Waals surface area contributed by atoms with E-state index in [0.29, 0.717) is 6.54 Å². The molecule has 2 aromatic heterocycles. The predicted octanol–water partition coefficient (Wildman–Crippen LogP) is 3.11. The Bertz CT molecular complexity index is 798. The second-order valence-electron chi connectivity index (χ2n) is 6.43. The molecule has 0 bridgehead atoms. The summed E-state index contributed by atoms with van der Waals surface area (Å²) in [6.07, 6.45) is 5.43. The van der Waals surface area contributed by atoms with Gasteiger partial charge in [-0.1, -0.05) is 23.9 Å². The Morgan fingerprint density at radius 2 is 2.08 bits per heavy atom. The summed E-state index contributed by atoms with van der Waals surface area (Å²) < 4.78 is 0. The molecule has 1 atom stereocenters. The molecule has 7 heteroatoms. The van der Waals surface area contributed by atoms with E-state index in [4.69, 9.17) is 0 Å². The molecule has 0 N–H and O–H groups in total. The number of thioether (sulfide) groups is 1. The average Bonchev–Trinajstić information content (AvgIpc) is 3.20. The Hall–Kier alpha value is -2.54. The number of carbonyl (C=O) groups excluding carboxylic acids is 1. The number of urea groups is 1. The van der Waals surface area contributed by atoms with E-state index in [1.54, 1.807) is 24.2 Å². The monoisotopic (exact) mass is 367 g/mol. The van der Waals surface area contributed by atoms with Gasteiger partial charge in [0.15, 0.2) is 5.50 Å². The highest BCUT2D eigenvalue weighted by molar-refractivity contribution is 8.02. The molecule has 2 aliphatic rings. The Labute approximate surface area is 157 Å². The number of carbonyl (C=O) groups is 1. The minimum Gasteiger partial charge on any atom is -0.341 e. The summed E-state index contributed by atoms with van der Waals surface area (Å²) in [7, 11) is 0. The standard InChI is InChI=1S/C19H21N5OS/c1-15-14-26-19(24(15)12-16-5-4-7-20-11-16)23-10-9-22(18(23)25)13-17-6-2-3-8-21-17/h2-8,11,14,19H,9-10,12-13H2,1H3. The van der Waals surface area contributed by atoms with E-state index < -0.39 is 0 Å². The third kappa shape index (κ3) is 3.39. The largest absolute Gasteiger partial charge is 0.341 e. The van der Waals surface area contributed by atoms with Crippen molar-refractivity contribution in [1.82, 2.24) is 24.7 Å². The van der Waals surface area contributed by atoms with Crippen molar-refractivity contribution < 1.29 is 4.79 Å². The molecule has 2 aliphatic heterocycles. The van der Waals surface area contributed by atoms with Crippen LogP contribution in [-0.4, -0.2) is 49.3 Å². The zero-order chi connectivity index (χ0) is 17.9. The van der Waals surface area contributed by atoms with E-state index in [0.717, 1.165) is 30.9 Å². The van der Waals surface area contributed by atoms with Gasteiger partial charge in [0.2, 0.25) is 0 Å². The minimum atomic E-state index is -0.00330. The number of hydrogen-bond donors (Lipinski definition) is 0. The van der Waals surface area contributed by atoms with Gasteiger partial charge in [-0.15, -0.1) is 0 Å². The first kappa shape index (κ1) is 16.9. The average molecular weight is 367 g/mol. The van der Waals surface area contributed by atoms with Crippen LogP contribution in [0.5, 0.6) is 0 Å². The number of rotatable bonds is 5. The van der Waals surface area contributed by atoms with Crippen LogP contribution in [0.1, 0.15) is 18.2 Å². The summed E-state index contributed by atoms with van der Waals surface area (Å²) >= 11 is 1.69. The molecular formula is C19H21N5OS. The first-order valence-corrected chi connectivity index (χ1v) is 9.60. The summed E-state index contributed by atoms with van der Waals surface area (Å²) in [5, 5.41) is 2.13. The van der Waals surface area contributed by atoms with Gasteiger partial charge in [0.05, 0.1) is 12.2 Å². The summed E-state index contributed by atoms with van der Waals surface area (Å²) in [6, 6.07) is 9.90. The molecule has 1 fully saturated rings.